The summed E-state index contributed by atoms with van der Waals surface area (Å²) in [6.45, 7) is 4.11. The lowest BCUT2D eigenvalue weighted by Crippen LogP contribution is -2.48. The Bertz CT molecular complexity index is 970. The van der Waals surface area contributed by atoms with Gasteiger partial charge in [0.2, 0.25) is 10.0 Å². The summed E-state index contributed by atoms with van der Waals surface area (Å²) in [6.07, 6.45) is -0.427. The van der Waals surface area contributed by atoms with Crippen molar-refractivity contribution in [3.63, 3.8) is 0 Å². The summed E-state index contributed by atoms with van der Waals surface area (Å²) in [5, 5.41) is 2.33. The van der Waals surface area contributed by atoms with E-state index in [0.717, 1.165) is 12.1 Å². The van der Waals surface area contributed by atoms with Crippen LogP contribution in [0, 0.1) is 11.6 Å². The fraction of sp³-hybridized carbons (Fsp3) is 0.316. The molecule has 0 saturated carbocycles. The number of nitrogens with one attached hydrogen (secondary N) is 1. The Morgan fingerprint density at radius 2 is 1.68 bits per heavy atom. The van der Waals surface area contributed by atoms with Crippen LogP contribution in [0.4, 0.5) is 14.5 Å². The number of anilines is 1. The number of carbonyl (C=O) groups excluding carboxylic acids is 1. The zero-order chi connectivity index (χ0) is 20.5. The minimum atomic E-state index is -3.72. The second kappa shape index (κ2) is 7.94. The molecule has 1 saturated heterocycles. The van der Waals surface area contributed by atoms with E-state index in [2.05, 4.69) is 5.32 Å². The van der Waals surface area contributed by atoms with Crippen molar-refractivity contribution in [3.8, 4) is 0 Å². The molecule has 0 unspecified atom stereocenters. The second-order valence-corrected chi connectivity index (χ2v) is 8.62. The third-order valence-corrected chi connectivity index (χ3v) is 6.17. The van der Waals surface area contributed by atoms with Crippen LogP contribution >= 0.6 is 0 Å². The van der Waals surface area contributed by atoms with Crippen LogP contribution in [-0.4, -0.2) is 43.9 Å². The highest BCUT2D eigenvalue weighted by atomic mass is 32.2. The number of nitrogens with zero attached hydrogens (tertiary/aromatic N) is 1. The minimum Gasteiger partial charge on any atom is -0.373 e. The first kappa shape index (κ1) is 20.4. The number of carbonyl (C=O) groups is 1. The third-order valence-electron chi connectivity index (χ3n) is 4.32. The van der Waals surface area contributed by atoms with E-state index in [1.807, 2.05) is 0 Å². The van der Waals surface area contributed by atoms with E-state index in [1.165, 1.54) is 28.6 Å². The maximum absolute atomic E-state index is 13.7. The van der Waals surface area contributed by atoms with Crippen LogP contribution in [0.15, 0.2) is 47.4 Å². The number of ether oxygens (including phenoxy) is 1. The van der Waals surface area contributed by atoms with Crippen LogP contribution in [0.2, 0.25) is 0 Å². The molecule has 0 aromatic heterocycles. The number of benzene rings is 2. The number of hydrogen-bond acceptors (Lipinski definition) is 4. The largest absolute Gasteiger partial charge is 0.373 e. The van der Waals surface area contributed by atoms with E-state index in [1.54, 1.807) is 13.8 Å². The topological polar surface area (TPSA) is 75.7 Å². The van der Waals surface area contributed by atoms with Gasteiger partial charge in [-0.05, 0) is 50.2 Å². The zero-order valence-corrected chi connectivity index (χ0v) is 16.2. The number of halogens is 2. The van der Waals surface area contributed by atoms with E-state index in [0.29, 0.717) is 6.07 Å². The van der Waals surface area contributed by atoms with E-state index in [4.69, 9.17) is 4.74 Å². The molecule has 2 atom stereocenters. The van der Waals surface area contributed by atoms with Gasteiger partial charge in [0.05, 0.1) is 22.8 Å². The predicted molar refractivity (Wildman–Crippen MR) is 99.5 cm³/mol. The van der Waals surface area contributed by atoms with Crippen molar-refractivity contribution >= 4 is 21.6 Å². The molecule has 150 valence electrons. The van der Waals surface area contributed by atoms with Crippen molar-refractivity contribution in [2.45, 2.75) is 31.0 Å². The summed E-state index contributed by atoms with van der Waals surface area (Å²) in [6, 6.07) is 8.15. The SMILES string of the molecule is C[C@H]1CN(S(=O)(=O)c2ccc(C(=O)Nc3ccc(F)cc3F)cc2)C[C@H](C)O1. The van der Waals surface area contributed by atoms with Gasteiger partial charge in [-0.15, -0.1) is 0 Å². The number of hydrogen-bond donors (Lipinski definition) is 1. The Morgan fingerprint density at radius 1 is 1.07 bits per heavy atom. The van der Waals surface area contributed by atoms with Gasteiger partial charge in [0.1, 0.15) is 11.6 Å². The van der Waals surface area contributed by atoms with Crippen molar-refractivity contribution in [3.05, 3.63) is 59.7 Å². The molecule has 6 nitrogen and oxygen atoms in total. The Morgan fingerprint density at radius 3 is 2.25 bits per heavy atom. The van der Waals surface area contributed by atoms with Crippen molar-refractivity contribution < 1.29 is 26.7 Å². The fourth-order valence-corrected chi connectivity index (χ4v) is 4.63. The van der Waals surface area contributed by atoms with Gasteiger partial charge in [0, 0.05) is 24.7 Å². The summed E-state index contributed by atoms with van der Waals surface area (Å²) < 4.78 is 59.1. The van der Waals surface area contributed by atoms with Gasteiger partial charge in [-0.1, -0.05) is 0 Å². The van der Waals surface area contributed by atoms with Crippen LogP contribution in [0.1, 0.15) is 24.2 Å². The first-order chi connectivity index (χ1) is 13.2. The lowest BCUT2D eigenvalue weighted by Gasteiger charge is -2.34. The number of sulfonamides is 1. The van der Waals surface area contributed by atoms with Crippen LogP contribution in [-0.2, 0) is 14.8 Å². The number of morpholine rings is 1. The summed E-state index contributed by atoms with van der Waals surface area (Å²) in [7, 11) is -3.72. The molecule has 2 aromatic carbocycles. The van der Waals surface area contributed by atoms with Gasteiger partial charge in [0.15, 0.2) is 0 Å². The summed E-state index contributed by atoms with van der Waals surface area (Å²) in [5.41, 5.74) is -0.0224. The van der Waals surface area contributed by atoms with Crippen LogP contribution < -0.4 is 5.32 Å². The molecule has 3 rings (SSSR count). The van der Waals surface area contributed by atoms with E-state index in [9.17, 15) is 22.0 Å². The molecule has 0 radical (unpaired) electrons. The third kappa shape index (κ3) is 4.37. The smallest absolute Gasteiger partial charge is 0.255 e. The van der Waals surface area contributed by atoms with Crippen molar-refractivity contribution in [2.75, 3.05) is 18.4 Å². The Hall–Kier alpha value is -2.36. The molecule has 1 heterocycles. The van der Waals surface area contributed by atoms with Crippen LogP contribution in [0.3, 0.4) is 0 Å². The molecule has 9 heteroatoms. The van der Waals surface area contributed by atoms with Gasteiger partial charge >= 0.3 is 0 Å². The quantitative estimate of drug-likeness (QED) is 0.841. The van der Waals surface area contributed by atoms with Crippen molar-refractivity contribution in [1.82, 2.24) is 4.31 Å². The van der Waals surface area contributed by atoms with Crippen molar-refractivity contribution in [2.24, 2.45) is 0 Å². The van der Waals surface area contributed by atoms with Crippen LogP contribution in [0.25, 0.3) is 0 Å². The Balaban J connectivity index is 1.76. The molecule has 1 aliphatic heterocycles. The maximum Gasteiger partial charge on any atom is 0.255 e. The summed E-state index contributed by atoms with van der Waals surface area (Å²) >= 11 is 0. The Labute approximate surface area is 162 Å². The molecule has 1 N–H and O–H groups in total. The molecule has 1 amide bonds. The van der Waals surface area contributed by atoms with Gasteiger partial charge < -0.3 is 10.1 Å². The molecule has 2 aromatic rings. The lowest BCUT2D eigenvalue weighted by molar-refractivity contribution is -0.0440. The number of amides is 1. The molecular formula is C19H20F2N2O4S. The van der Waals surface area contributed by atoms with Gasteiger partial charge in [0.25, 0.3) is 5.91 Å². The van der Waals surface area contributed by atoms with E-state index in [-0.39, 0.29) is 41.4 Å². The van der Waals surface area contributed by atoms with E-state index < -0.39 is 27.6 Å². The standard InChI is InChI=1S/C19H20F2N2O4S/c1-12-10-23(11-13(2)27-12)28(25,26)16-6-3-14(4-7-16)19(24)22-18-8-5-15(20)9-17(18)21/h3-9,12-13H,10-11H2,1-2H3,(H,22,24)/t12-,13-/m0/s1. The first-order valence-electron chi connectivity index (χ1n) is 8.69. The minimum absolute atomic E-state index is 0.0540. The first-order valence-corrected chi connectivity index (χ1v) is 10.1. The summed E-state index contributed by atoms with van der Waals surface area (Å²) in [4.78, 5) is 12.3. The normalized spacial score (nSPS) is 20.7. The predicted octanol–water partition coefficient (Wildman–Crippen LogP) is 3.02. The van der Waals surface area contributed by atoms with Gasteiger partial charge in [-0.25, -0.2) is 17.2 Å². The molecule has 0 aliphatic carbocycles. The van der Waals surface area contributed by atoms with Crippen molar-refractivity contribution in [1.29, 1.82) is 0 Å². The fourth-order valence-electron chi connectivity index (χ4n) is 3.04. The Kier molecular flexibility index (Phi) is 5.78. The highest BCUT2D eigenvalue weighted by Gasteiger charge is 2.32. The monoisotopic (exact) mass is 410 g/mol. The average molecular weight is 410 g/mol. The number of rotatable bonds is 4. The molecule has 0 spiro atoms. The molecule has 0 bridgehead atoms. The average Bonchev–Trinajstić information content (AvgIpc) is 2.63. The molecular weight excluding hydrogens is 390 g/mol. The highest BCUT2D eigenvalue weighted by Crippen LogP contribution is 2.22. The lowest BCUT2D eigenvalue weighted by atomic mass is 10.2. The highest BCUT2D eigenvalue weighted by molar-refractivity contribution is 7.89. The van der Waals surface area contributed by atoms with Gasteiger partial charge in [-0.3, -0.25) is 4.79 Å². The summed E-state index contributed by atoms with van der Waals surface area (Å²) in [5.74, 6) is -2.29. The molecule has 1 fully saturated rings. The maximum atomic E-state index is 13.7. The zero-order valence-electron chi connectivity index (χ0n) is 15.4. The van der Waals surface area contributed by atoms with Crippen LogP contribution in [0.5, 0.6) is 0 Å². The van der Waals surface area contributed by atoms with Gasteiger partial charge in [-0.2, -0.15) is 4.31 Å². The molecule has 1 aliphatic rings. The second-order valence-electron chi connectivity index (χ2n) is 6.68. The molecule has 28 heavy (non-hydrogen) atoms. The van der Waals surface area contributed by atoms with E-state index >= 15 is 0 Å².